The molecule has 1 aromatic rings. The maximum atomic E-state index is 9.24. The van der Waals surface area contributed by atoms with Gasteiger partial charge in [-0.25, -0.2) is 0 Å². The zero-order valence-corrected chi connectivity index (χ0v) is 12.7. The topological polar surface area (TPSA) is 41.5 Å². The first-order chi connectivity index (χ1) is 9.00. The smallest absolute Gasteiger partial charge is 0.125 e. The van der Waals surface area contributed by atoms with Crippen molar-refractivity contribution in [2.24, 2.45) is 5.92 Å². The van der Waals surface area contributed by atoms with Crippen LogP contribution >= 0.6 is 11.6 Å². The Kier molecular flexibility index (Phi) is 7.21. The minimum Gasteiger partial charge on any atom is -0.493 e. The zero-order chi connectivity index (χ0) is 14.3. The van der Waals surface area contributed by atoms with Gasteiger partial charge in [-0.3, -0.25) is 0 Å². The highest BCUT2D eigenvalue weighted by molar-refractivity contribution is 6.31. The summed E-state index contributed by atoms with van der Waals surface area (Å²) in [7, 11) is 0. The molecule has 0 heterocycles. The lowest BCUT2D eigenvalue weighted by Gasteiger charge is -2.15. The van der Waals surface area contributed by atoms with Crippen molar-refractivity contribution in [3.8, 4) is 5.75 Å². The molecule has 1 unspecified atom stereocenters. The highest BCUT2D eigenvalue weighted by Gasteiger charge is 2.08. The molecule has 1 atom stereocenters. The Morgan fingerprint density at radius 3 is 2.68 bits per heavy atom. The first-order valence-corrected chi connectivity index (χ1v) is 7.17. The van der Waals surface area contributed by atoms with E-state index in [1.165, 1.54) is 0 Å². The standard InChI is InChI=1S/C15H24ClNO2/c1-11(2)9-17-10-13-14(16)5-4-6-15(13)19-8-7-12(3)18/h4-6,11-12,17-18H,7-10H2,1-3H3. The van der Waals surface area contributed by atoms with Crippen LogP contribution in [0.3, 0.4) is 0 Å². The predicted molar refractivity (Wildman–Crippen MR) is 79.8 cm³/mol. The lowest BCUT2D eigenvalue weighted by Crippen LogP contribution is -2.20. The number of benzene rings is 1. The van der Waals surface area contributed by atoms with E-state index in [2.05, 4.69) is 19.2 Å². The number of nitrogens with one attached hydrogen (secondary N) is 1. The van der Waals surface area contributed by atoms with E-state index >= 15 is 0 Å². The van der Waals surface area contributed by atoms with Crippen molar-refractivity contribution < 1.29 is 9.84 Å². The van der Waals surface area contributed by atoms with E-state index in [9.17, 15) is 5.11 Å². The second-order valence-corrected chi connectivity index (χ2v) is 5.63. The Bertz CT molecular complexity index is 380. The first-order valence-electron chi connectivity index (χ1n) is 6.79. The number of aliphatic hydroxyl groups is 1. The van der Waals surface area contributed by atoms with E-state index in [1.807, 2.05) is 18.2 Å². The molecule has 108 valence electrons. The van der Waals surface area contributed by atoms with Gasteiger partial charge in [0.15, 0.2) is 0 Å². The van der Waals surface area contributed by atoms with Crippen LogP contribution in [0.15, 0.2) is 18.2 Å². The summed E-state index contributed by atoms with van der Waals surface area (Å²) in [5, 5.41) is 13.3. The van der Waals surface area contributed by atoms with Gasteiger partial charge in [0.1, 0.15) is 5.75 Å². The lowest BCUT2D eigenvalue weighted by molar-refractivity contribution is 0.155. The maximum Gasteiger partial charge on any atom is 0.125 e. The average Bonchev–Trinajstić information content (AvgIpc) is 2.31. The average molecular weight is 286 g/mol. The van der Waals surface area contributed by atoms with Gasteiger partial charge in [-0.1, -0.05) is 31.5 Å². The zero-order valence-electron chi connectivity index (χ0n) is 11.9. The van der Waals surface area contributed by atoms with Gasteiger partial charge in [-0.2, -0.15) is 0 Å². The second-order valence-electron chi connectivity index (χ2n) is 5.23. The number of hydrogen-bond acceptors (Lipinski definition) is 3. The van der Waals surface area contributed by atoms with Crippen molar-refractivity contribution in [3.05, 3.63) is 28.8 Å². The maximum absolute atomic E-state index is 9.24. The van der Waals surface area contributed by atoms with Crippen molar-refractivity contribution in [3.63, 3.8) is 0 Å². The summed E-state index contributed by atoms with van der Waals surface area (Å²) in [6.45, 7) is 8.22. The Morgan fingerprint density at radius 2 is 2.05 bits per heavy atom. The van der Waals surface area contributed by atoms with Crippen LogP contribution in [0, 0.1) is 5.92 Å². The quantitative estimate of drug-likeness (QED) is 0.770. The molecule has 19 heavy (non-hydrogen) atoms. The summed E-state index contributed by atoms with van der Waals surface area (Å²) in [5.41, 5.74) is 0.982. The number of hydrogen-bond donors (Lipinski definition) is 2. The minimum absolute atomic E-state index is 0.346. The van der Waals surface area contributed by atoms with E-state index in [0.717, 1.165) is 17.9 Å². The molecule has 0 amide bonds. The normalized spacial score (nSPS) is 12.7. The molecule has 0 radical (unpaired) electrons. The summed E-state index contributed by atoms with van der Waals surface area (Å²) < 4.78 is 5.70. The van der Waals surface area contributed by atoms with Crippen molar-refractivity contribution >= 4 is 11.6 Å². The van der Waals surface area contributed by atoms with Crippen molar-refractivity contribution in [1.82, 2.24) is 5.32 Å². The third-order valence-corrected chi connectivity index (χ3v) is 3.08. The minimum atomic E-state index is -0.346. The molecule has 0 aromatic heterocycles. The summed E-state index contributed by atoms with van der Waals surface area (Å²) >= 11 is 6.22. The lowest BCUT2D eigenvalue weighted by atomic mass is 10.1. The van der Waals surface area contributed by atoms with E-state index in [-0.39, 0.29) is 6.10 Å². The molecule has 3 nitrogen and oxygen atoms in total. The highest BCUT2D eigenvalue weighted by Crippen LogP contribution is 2.26. The van der Waals surface area contributed by atoms with Crippen LogP contribution in [-0.2, 0) is 6.54 Å². The van der Waals surface area contributed by atoms with Crippen LogP contribution in [0.5, 0.6) is 5.75 Å². The van der Waals surface area contributed by atoms with E-state index in [1.54, 1.807) is 6.92 Å². The van der Waals surface area contributed by atoms with E-state index < -0.39 is 0 Å². The predicted octanol–water partition coefficient (Wildman–Crippen LogP) is 3.24. The Hall–Kier alpha value is -0.770. The highest BCUT2D eigenvalue weighted by atomic mass is 35.5. The van der Waals surface area contributed by atoms with E-state index in [4.69, 9.17) is 16.3 Å². The summed E-state index contributed by atoms with van der Waals surface area (Å²) in [6, 6.07) is 5.67. The second kappa shape index (κ2) is 8.41. The molecule has 4 heteroatoms. The van der Waals surface area contributed by atoms with Crippen LogP contribution in [0.4, 0.5) is 0 Å². The SMILES string of the molecule is CC(C)CNCc1c(Cl)cccc1OCCC(C)O. The first kappa shape index (κ1) is 16.3. The van der Waals surface area contributed by atoms with Crippen molar-refractivity contribution in [2.45, 2.75) is 39.8 Å². The van der Waals surface area contributed by atoms with Gasteiger partial charge in [-0.15, -0.1) is 0 Å². The largest absolute Gasteiger partial charge is 0.493 e. The summed E-state index contributed by atoms with van der Waals surface area (Å²) in [4.78, 5) is 0. The van der Waals surface area contributed by atoms with Crippen LogP contribution in [0.1, 0.15) is 32.8 Å². The molecule has 0 aliphatic rings. The molecule has 0 fully saturated rings. The van der Waals surface area contributed by atoms with Gasteiger partial charge < -0.3 is 15.2 Å². The van der Waals surface area contributed by atoms with Gasteiger partial charge in [0.25, 0.3) is 0 Å². The Morgan fingerprint density at radius 1 is 1.32 bits per heavy atom. The number of ether oxygens (including phenoxy) is 1. The number of rotatable bonds is 8. The molecule has 0 aliphatic heterocycles. The number of aliphatic hydroxyl groups excluding tert-OH is 1. The molecule has 0 bridgehead atoms. The third kappa shape index (κ3) is 6.28. The molecule has 0 saturated heterocycles. The molecule has 0 spiro atoms. The Balaban J connectivity index is 2.61. The van der Waals surface area contributed by atoms with Crippen LogP contribution < -0.4 is 10.1 Å². The summed E-state index contributed by atoms with van der Waals surface area (Å²) in [5.74, 6) is 1.39. The molecule has 1 rings (SSSR count). The van der Waals surface area contributed by atoms with Gasteiger partial charge in [0, 0.05) is 23.6 Å². The fourth-order valence-corrected chi connectivity index (χ4v) is 1.90. The van der Waals surface area contributed by atoms with Crippen LogP contribution in [0.25, 0.3) is 0 Å². The van der Waals surface area contributed by atoms with Crippen molar-refractivity contribution in [1.29, 1.82) is 0 Å². The molecule has 0 aliphatic carbocycles. The van der Waals surface area contributed by atoms with Gasteiger partial charge in [0.2, 0.25) is 0 Å². The third-order valence-electron chi connectivity index (χ3n) is 2.72. The van der Waals surface area contributed by atoms with E-state index in [0.29, 0.717) is 30.5 Å². The van der Waals surface area contributed by atoms with Gasteiger partial charge in [0.05, 0.1) is 12.7 Å². The summed E-state index contributed by atoms with van der Waals surface area (Å²) in [6.07, 6.45) is 0.271. The fourth-order valence-electron chi connectivity index (χ4n) is 1.67. The number of halogens is 1. The van der Waals surface area contributed by atoms with Crippen LogP contribution in [-0.4, -0.2) is 24.4 Å². The van der Waals surface area contributed by atoms with Gasteiger partial charge in [-0.05, 0) is 31.5 Å². The van der Waals surface area contributed by atoms with Gasteiger partial charge >= 0.3 is 0 Å². The Labute approximate surface area is 120 Å². The molecule has 1 aromatic carbocycles. The van der Waals surface area contributed by atoms with Crippen LogP contribution in [0.2, 0.25) is 5.02 Å². The monoisotopic (exact) mass is 285 g/mol. The molecular formula is C15H24ClNO2. The molecule has 0 saturated carbocycles. The fraction of sp³-hybridized carbons (Fsp3) is 0.600. The molecular weight excluding hydrogens is 262 g/mol. The molecule has 2 N–H and O–H groups in total. The van der Waals surface area contributed by atoms with Crippen molar-refractivity contribution in [2.75, 3.05) is 13.2 Å².